The van der Waals surface area contributed by atoms with Crippen molar-refractivity contribution in [2.24, 2.45) is 7.05 Å². The second-order valence-electron chi connectivity index (χ2n) is 10.6. The molecule has 0 saturated carbocycles. The van der Waals surface area contributed by atoms with Gasteiger partial charge in [0.1, 0.15) is 5.82 Å². The minimum atomic E-state index is -0.185. The van der Waals surface area contributed by atoms with Crippen molar-refractivity contribution in [3.63, 3.8) is 0 Å². The van der Waals surface area contributed by atoms with Gasteiger partial charge in [0.15, 0.2) is 0 Å². The minimum absolute atomic E-state index is 0.185. The second-order valence-corrected chi connectivity index (χ2v) is 11.9. The van der Waals surface area contributed by atoms with Gasteiger partial charge in [0, 0.05) is 60.8 Å². The van der Waals surface area contributed by atoms with Crippen LogP contribution in [0.1, 0.15) is 28.9 Å². The molecule has 40 heavy (non-hydrogen) atoms. The van der Waals surface area contributed by atoms with Crippen LogP contribution in [0.3, 0.4) is 0 Å². The Balaban J connectivity index is 1.18. The molecule has 1 amide bonds. The number of rotatable bonds is 7. The van der Waals surface area contributed by atoms with Crippen LogP contribution in [0.25, 0.3) is 21.9 Å². The molecule has 2 saturated heterocycles. The molecule has 0 bridgehead atoms. The highest BCUT2D eigenvalue weighted by Gasteiger charge is 2.20. The average molecular weight is 558 g/mol. The fraction of sp³-hybridized carbons (Fsp3) is 0.400. The summed E-state index contributed by atoms with van der Waals surface area (Å²) in [6.07, 6.45) is 7.73. The maximum atomic E-state index is 13.1. The summed E-state index contributed by atoms with van der Waals surface area (Å²) in [4.78, 5) is 26.9. The van der Waals surface area contributed by atoms with Crippen LogP contribution in [0.15, 0.2) is 60.0 Å². The van der Waals surface area contributed by atoms with Crippen molar-refractivity contribution in [3.8, 4) is 11.1 Å². The number of carbonyl (C=O) groups is 1. The summed E-state index contributed by atoms with van der Waals surface area (Å²) in [5.41, 5.74) is 3.97. The number of ether oxygens (including phenoxy) is 1. The van der Waals surface area contributed by atoms with E-state index in [2.05, 4.69) is 55.4 Å². The molecule has 2 fully saturated rings. The predicted octanol–water partition coefficient (Wildman–Crippen LogP) is 4.30. The molecule has 6 rings (SSSR count). The lowest BCUT2D eigenvalue weighted by Crippen LogP contribution is -2.36. The average Bonchev–Trinajstić information content (AvgIpc) is 3.34. The molecule has 0 spiro atoms. The van der Waals surface area contributed by atoms with Gasteiger partial charge in [-0.3, -0.25) is 14.4 Å². The van der Waals surface area contributed by atoms with Gasteiger partial charge < -0.3 is 15.0 Å². The smallest absolute Gasteiger partial charge is 0.256 e. The van der Waals surface area contributed by atoms with Crippen molar-refractivity contribution < 1.29 is 9.53 Å². The Labute approximate surface area is 238 Å². The van der Waals surface area contributed by atoms with Gasteiger partial charge in [0.25, 0.3) is 5.91 Å². The molecule has 3 aromatic heterocycles. The van der Waals surface area contributed by atoms with Gasteiger partial charge >= 0.3 is 0 Å². The molecule has 0 unspecified atom stereocenters. The van der Waals surface area contributed by atoms with Crippen LogP contribution in [0.2, 0.25) is 0 Å². The molecular formula is C30H35N7O2S. The zero-order valence-corrected chi connectivity index (χ0v) is 23.9. The van der Waals surface area contributed by atoms with Gasteiger partial charge in [0.2, 0.25) is 0 Å². The Hall–Kier alpha value is -3.31. The summed E-state index contributed by atoms with van der Waals surface area (Å²) in [7, 11) is 4.16. The van der Waals surface area contributed by atoms with Crippen LogP contribution in [0.5, 0.6) is 0 Å². The molecule has 0 aliphatic carbocycles. The van der Waals surface area contributed by atoms with E-state index in [1.807, 2.05) is 30.1 Å². The van der Waals surface area contributed by atoms with E-state index in [1.54, 1.807) is 30.2 Å². The van der Waals surface area contributed by atoms with E-state index in [0.717, 1.165) is 85.7 Å². The molecule has 1 aromatic carbocycles. The third kappa shape index (κ3) is 6.20. The lowest BCUT2D eigenvalue weighted by molar-refractivity contribution is 0.0332. The maximum Gasteiger partial charge on any atom is 0.256 e. The van der Waals surface area contributed by atoms with Crippen molar-refractivity contribution in [3.05, 3.63) is 66.2 Å². The molecule has 2 aliphatic heterocycles. The molecule has 1 N–H and O–H groups in total. The van der Waals surface area contributed by atoms with E-state index in [9.17, 15) is 4.79 Å². The van der Waals surface area contributed by atoms with E-state index < -0.39 is 0 Å². The second kappa shape index (κ2) is 12.1. The van der Waals surface area contributed by atoms with Crippen molar-refractivity contribution in [2.45, 2.75) is 29.7 Å². The number of piperidine rings is 1. The number of nitrogens with zero attached hydrogens (tertiary/aromatic N) is 6. The first-order valence-electron chi connectivity index (χ1n) is 13.9. The van der Waals surface area contributed by atoms with E-state index in [4.69, 9.17) is 4.74 Å². The highest BCUT2D eigenvalue weighted by atomic mass is 32.2. The van der Waals surface area contributed by atoms with E-state index in [0.29, 0.717) is 16.6 Å². The molecule has 208 valence electrons. The number of carbonyl (C=O) groups excluding carboxylic acids is 1. The monoisotopic (exact) mass is 557 g/mol. The van der Waals surface area contributed by atoms with E-state index >= 15 is 0 Å². The van der Waals surface area contributed by atoms with Gasteiger partial charge in [-0.05, 0) is 68.2 Å². The van der Waals surface area contributed by atoms with Crippen molar-refractivity contribution in [1.29, 1.82) is 0 Å². The van der Waals surface area contributed by atoms with Crippen LogP contribution >= 0.6 is 11.8 Å². The number of pyridine rings is 2. The molecule has 4 aromatic rings. The van der Waals surface area contributed by atoms with Crippen LogP contribution in [0, 0.1) is 0 Å². The third-order valence-electron chi connectivity index (χ3n) is 7.76. The zero-order valence-electron chi connectivity index (χ0n) is 23.0. The number of aromatic nitrogens is 4. The highest BCUT2D eigenvalue weighted by molar-refractivity contribution is 7.99. The number of amides is 1. The van der Waals surface area contributed by atoms with Crippen molar-refractivity contribution in [2.75, 3.05) is 51.8 Å². The normalized spacial score (nSPS) is 17.4. The SMILES string of the molecule is CN1CCC(Sc2cc(C(=O)Nc3cc4cc(-c5cnn(C)c5CN5CCOCC5)ccc4cn3)ccn2)CC1. The standard InChI is InChI=1S/C30H35N7O2S/c1-35-9-6-25(7-10-35)40-29-17-22(5-8-31-29)30(38)34-28-16-24-15-21(3-4-23(24)18-32-28)26-19-33-36(2)27(26)20-37-11-13-39-14-12-37/h3-5,8,15-19,25H,6-7,9-14,20H2,1-2H3,(H,32,34,38). The Morgan fingerprint density at radius 2 is 1.82 bits per heavy atom. The number of thioether (sulfide) groups is 1. The lowest BCUT2D eigenvalue weighted by atomic mass is 10.0. The number of morpholine rings is 1. The number of anilines is 1. The van der Waals surface area contributed by atoms with E-state index in [-0.39, 0.29) is 5.91 Å². The zero-order chi connectivity index (χ0) is 27.5. The minimum Gasteiger partial charge on any atom is -0.379 e. The maximum absolute atomic E-state index is 13.1. The van der Waals surface area contributed by atoms with Crippen molar-refractivity contribution >= 4 is 34.3 Å². The van der Waals surface area contributed by atoms with Gasteiger partial charge in [-0.1, -0.05) is 12.1 Å². The molecule has 2 aliphatic rings. The van der Waals surface area contributed by atoms with Crippen LogP contribution in [0.4, 0.5) is 5.82 Å². The first-order chi connectivity index (χ1) is 19.5. The quantitative estimate of drug-likeness (QED) is 0.360. The highest BCUT2D eigenvalue weighted by Crippen LogP contribution is 2.30. The molecule has 5 heterocycles. The summed E-state index contributed by atoms with van der Waals surface area (Å²) in [6.45, 7) is 6.41. The number of hydrogen-bond acceptors (Lipinski definition) is 8. The fourth-order valence-corrected chi connectivity index (χ4v) is 6.42. The number of aryl methyl sites for hydroxylation is 1. The third-order valence-corrected chi connectivity index (χ3v) is 9.03. The summed E-state index contributed by atoms with van der Waals surface area (Å²) >= 11 is 1.77. The number of hydrogen-bond donors (Lipinski definition) is 1. The lowest BCUT2D eigenvalue weighted by Gasteiger charge is -2.28. The van der Waals surface area contributed by atoms with Gasteiger partial charge in [-0.2, -0.15) is 5.10 Å². The number of benzene rings is 1. The molecule has 0 atom stereocenters. The molecule has 10 heteroatoms. The van der Waals surface area contributed by atoms with Crippen LogP contribution in [-0.4, -0.2) is 87.1 Å². The molecular weight excluding hydrogens is 522 g/mol. The number of fused-ring (bicyclic) bond motifs is 1. The Bertz CT molecular complexity index is 1490. The summed E-state index contributed by atoms with van der Waals surface area (Å²) < 4.78 is 7.47. The molecule has 9 nitrogen and oxygen atoms in total. The Morgan fingerprint density at radius 3 is 2.65 bits per heavy atom. The molecule has 0 radical (unpaired) electrons. The number of likely N-dealkylation sites (tertiary alicyclic amines) is 1. The van der Waals surface area contributed by atoms with Crippen LogP contribution < -0.4 is 5.32 Å². The summed E-state index contributed by atoms with van der Waals surface area (Å²) in [5.74, 6) is 0.339. The van der Waals surface area contributed by atoms with Gasteiger partial charge in [0.05, 0.1) is 30.1 Å². The van der Waals surface area contributed by atoms with E-state index in [1.165, 1.54) is 5.69 Å². The summed E-state index contributed by atoms with van der Waals surface area (Å²) in [6, 6.07) is 11.9. The fourth-order valence-electron chi connectivity index (χ4n) is 5.32. The summed E-state index contributed by atoms with van der Waals surface area (Å²) in [5, 5.41) is 11.0. The Morgan fingerprint density at radius 1 is 1.00 bits per heavy atom. The predicted molar refractivity (Wildman–Crippen MR) is 159 cm³/mol. The Kier molecular flexibility index (Phi) is 8.10. The van der Waals surface area contributed by atoms with Crippen molar-refractivity contribution in [1.82, 2.24) is 29.5 Å². The first-order valence-corrected chi connectivity index (χ1v) is 14.7. The largest absolute Gasteiger partial charge is 0.379 e. The first kappa shape index (κ1) is 26.9. The topological polar surface area (TPSA) is 88.4 Å². The number of nitrogens with one attached hydrogen (secondary N) is 1. The van der Waals surface area contributed by atoms with Gasteiger partial charge in [-0.25, -0.2) is 9.97 Å². The van der Waals surface area contributed by atoms with Crippen LogP contribution in [-0.2, 0) is 18.3 Å². The van der Waals surface area contributed by atoms with Gasteiger partial charge in [-0.15, -0.1) is 11.8 Å².